The second kappa shape index (κ2) is 8.80. The third-order valence-electron chi connectivity index (χ3n) is 4.30. The fraction of sp³-hybridized carbons (Fsp3) is 0.238. The van der Waals surface area contributed by atoms with Crippen LogP contribution in [-0.2, 0) is 6.54 Å². The molecule has 1 heterocycles. The van der Waals surface area contributed by atoms with E-state index in [1.54, 1.807) is 26.4 Å². The molecule has 0 aliphatic heterocycles. The molecule has 7 heteroatoms. The second-order valence-electron chi connectivity index (χ2n) is 6.28. The van der Waals surface area contributed by atoms with Crippen LogP contribution in [0.3, 0.4) is 0 Å². The van der Waals surface area contributed by atoms with Gasteiger partial charge in [-0.25, -0.2) is 9.97 Å². The summed E-state index contributed by atoms with van der Waals surface area (Å²) < 4.78 is 10.7. The van der Waals surface area contributed by atoms with Crippen molar-refractivity contribution in [3.63, 3.8) is 0 Å². The van der Waals surface area contributed by atoms with Gasteiger partial charge in [-0.3, -0.25) is 0 Å². The summed E-state index contributed by atoms with van der Waals surface area (Å²) in [5.74, 6) is 3.17. The fourth-order valence-corrected chi connectivity index (χ4v) is 3.04. The monoisotopic (exact) mass is 398 g/mol. The molecule has 0 saturated heterocycles. The van der Waals surface area contributed by atoms with E-state index in [1.807, 2.05) is 25.1 Å². The van der Waals surface area contributed by atoms with Crippen LogP contribution in [0.1, 0.15) is 17.0 Å². The summed E-state index contributed by atoms with van der Waals surface area (Å²) in [5, 5.41) is 7.10. The molecule has 3 rings (SSSR count). The Hall–Kier alpha value is -2.99. The van der Waals surface area contributed by atoms with Crippen molar-refractivity contribution in [2.45, 2.75) is 20.4 Å². The van der Waals surface area contributed by atoms with Gasteiger partial charge in [-0.1, -0.05) is 35.9 Å². The van der Waals surface area contributed by atoms with Crippen molar-refractivity contribution < 1.29 is 9.47 Å². The molecule has 6 nitrogen and oxygen atoms in total. The molecule has 0 unspecified atom stereocenters. The number of aryl methyl sites for hydroxylation is 2. The van der Waals surface area contributed by atoms with E-state index in [-0.39, 0.29) is 0 Å². The van der Waals surface area contributed by atoms with Gasteiger partial charge in [0, 0.05) is 24.7 Å². The Morgan fingerprint density at radius 3 is 2.36 bits per heavy atom. The molecule has 0 bridgehead atoms. The molecule has 0 aliphatic rings. The summed E-state index contributed by atoms with van der Waals surface area (Å²) >= 11 is 6.18. The van der Waals surface area contributed by atoms with Gasteiger partial charge in [0.1, 0.15) is 29.0 Å². The van der Waals surface area contributed by atoms with Crippen molar-refractivity contribution in [1.29, 1.82) is 0 Å². The van der Waals surface area contributed by atoms with E-state index in [0.717, 1.165) is 5.82 Å². The zero-order chi connectivity index (χ0) is 20.1. The molecule has 0 saturated carbocycles. The molecule has 0 aliphatic carbocycles. The lowest BCUT2D eigenvalue weighted by Crippen LogP contribution is -2.06. The molecule has 0 amide bonds. The number of rotatable bonds is 7. The first-order valence-corrected chi connectivity index (χ1v) is 9.20. The molecule has 28 heavy (non-hydrogen) atoms. The smallest absolute Gasteiger partial charge is 0.144 e. The van der Waals surface area contributed by atoms with Gasteiger partial charge >= 0.3 is 0 Å². The third kappa shape index (κ3) is 4.64. The maximum Gasteiger partial charge on any atom is 0.144 e. The van der Waals surface area contributed by atoms with Crippen LogP contribution in [-0.4, -0.2) is 24.2 Å². The van der Waals surface area contributed by atoms with Crippen LogP contribution in [0.25, 0.3) is 0 Å². The minimum absolute atomic E-state index is 0.476. The van der Waals surface area contributed by atoms with Crippen LogP contribution in [0.2, 0.25) is 5.02 Å². The number of nitrogens with zero attached hydrogens (tertiary/aromatic N) is 2. The Bertz CT molecular complexity index is 979. The van der Waals surface area contributed by atoms with Crippen LogP contribution < -0.4 is 20.1 Å². The maximum absolute atomic E-state index is 6.18. The predicted octanol–water partition coefficient (Wildman–Crippen LogP) is 5.12. The average molecular weight is 399 g/mol. The number of methoxy groups -OCH3 is 2. The van der Waals surface area contributed by atoms with Gasteiger partial charge in [-0.05, 0) is 25.0 Å². The number of benzene rings is 2. The first-order valence-electron chi connectivity index (χ1n) is 8.82. The number of ether oxygens (including phenoxy) is 2. The Balaban J connectivity index is 1.83. The number of aromatic nitrogens is 2. The minimum atomic E-state index is 0.476. The number of hydrogen-bond donors (Lipinski definition) is 2. The van der Waals surface area contributed by atoms with E-state index in [1.165, 1.54) is 11.1 Å². The molecular weight excluding hydrogens is 376 g/mol. The van der Waals surface area contributed by atoms with E-state index in [2.05, 4.69) is 39.7 Å². The molecule has 0 fully saturated rings. The molecule has 0 atom stereocenters. The minimum Gasteiger partial charge on any atom is -0.495 e. The Kier molecular flexibility index (Phi) is 6.21. The van der Waals surface area contributed by atoms with Gasteiger partial charge in [-0.15, -0.1) is 0 Å². The highest BCUT2D eigenvalue weighted by atomic mass is 35.5. The van der Waals surface area contributed by atoms with Crippen LogP contribution in [0.15, 0.2) is 42.5 Å². The lowest BCUT2D eigenvalue weighted by molar-refractivity contribution is 0.405. The number of halogens is 1. The third-order valence-corrected chi connectivity index (χ3v) is 4.59. The van der Waals surface area contributed by atoms with Crippen LogP contribution >= 0.6 is 11.6 Å². The number of anilines is 3. The lowest BCUT2D eigenvalue weighted by atomic mass is 10.1. The van der Waals surface area contributed by atoms with E-state index >= 15 is 0 Å². The summed E-state index contributed by atoms with van der Waals surface area (Å²) in [4.78, 5) is 8.93. The van der Waals surface area contributed by atoms with Gasteiger partial charge in [-0.2, -0.15) is 0 Å². The van der Waals surface area contributed by atoms with E-state index in [9.17, 15) is 0 Å². The van der Waals surface area contributed by atoms with Crippen molar-refractivity contribution in [2.75, 3.05) is 24.9 Å². The standard InChI is InChI=1S/C21H23ClN4O2/c1-13-7-5-6-8-15(13)12-23-20-11-21(25-14(2)24-20)26-17-10-18(27-3)16(22)9-19(17)28-4/h5-11H,12H2,1-4H3,(H2,23,24,25,26). The van der Waals surface area contributed by atoms with Crippen LogP contribution in [0, 0.1) is 13.8 Å². The lowest BCUT2D eigenvalue weighted by Gasteiger charge is -2.15. The number of hydrogen-bond acceptors (Lipinski definition) is 6. The summed E-state index contributed by atoms with van der Waals surface area (Å²) in [7, 11) is 3.16. The normalized spacial score (nSPS) is 10.5. The summed E-state index contributed by atoms with van der Waals surface area (Å²) in [5.41, 5.74) is 3.15. The van der Waals surface area contributed by atoms with E-state index in [4.69, 9.17) is 21.1 Å². The zero-order valence-corrected chi connectivity index (χ0v) is 17.1. The van der Waals surface area contributed by atoms with E-state index < -0.39 is 0 Å². The highest BCUT2D eigenvalue weighted by Crippen LogP contribution is 2.37. The van der Waals surface area contributed by atoms with Crippen LogP contribution in [0.4, 0.5) is 17.3 Å². The highest BCUT2D eigenvalue weighted by Gasteiger charge is 2.12. The second-order valence-corrected chi connectivity index (χ2v) is 6.68. The highest BCUT2D eigenvalue weighted by molar-refractivity contribution is 6.32. The summed E-state index contributed by atoms with van der Waals surface area (Å²) in [6.07, 6.45) is 0. The van der Waals surface area contributed by atoms with Crippen molar-refractivity contribution in [3.05, 3.63) is 64.4 Å². The molecule has 2 aromatic carbocycles. The largest absolute Gasteiger partial charge is 0.495 e. The Morgan fingerprint density at radius 1 is 0.929 bits per heavy atom. The molecule has 0 spiro atoms. The molecule has 0 radical (unpaired) electrons. The fourth-order valence-electron chi connectivity index (χ4n) is 2.81. The topological polar surface area (TPSA) is 68.3 Å². The molecule has 3 aromatic rings. The van der Waals surface area contributed by atoms with Gasteiger partial charge in [0.15, 0.2) is 0 Å². The summed E-state index contributed by atoms with van der Waals surface area (Å²) in [6.45, 7) is 4.62. The first-order chi connectivity index (χ1) is 13.5. The molecule has 2 N–H and O–H groups in total. The summed E-state index contributed by atoms with van der Waals surface area (Å²) in [6, 6.07) is 13.6. The molecule has 1 aromatic heterocycles. The van der Waals surface area contributed by atoms with Crippen molar-refractivity contribution in [3.8, 4) is 11.5 Å². The average Bonchev–Trinajstić information content (AvgIpc) is 2.68. The Labute approximate surface area is 169 Å². The first kappa shape index (κ1) is 19.8. The van der Waals surface area contributed by atoms with Crippen LogP contribution in [0.5, 0.6) is 11.5 Å². The Morgan fingerprint density at radius 2 is 1.64 bits per heavy atom. The molecular formula is C21H23ClN4O2. The van der Waals surface area contributed by atoms with Gasteiger partial charge in [0.2, 0.25) is 0 Å². The zero-order valence-electron chi connectivity index (χ0n) is 16.3. The predicted molar refractivity (Wildman–Crippen MR) is 113 cm³/mol. The number of nitrogens with one attached hydrogen (secondary N) is 2. The maximum atomic E-state index is 6.18. The molecule has 146 valence electrons. The SMILES string of the molecule is COc1cc(Nc2cc(NCc3ccccc3C)nc(C)n2)c(OC)cc1Cl. The van der Waals surface area contributed by atoms with Crippen molar-refractivity contribution in [1.82, 2.24) is 9.97 Å². The van der Waals surface area contributed by atoms with Gasteiger partial charge in [0.25, 0.3) is 0 Å². The van der Waals surface area contributed by atoms with Gasteiger partial charge < -0.3 is 20.1 Å². The quantitative estimate of drug-likeness (QED) is 0.575. The van der Waals surface area contributed by atoms with Crippen molar-refractivity contribution in [2.24, 2.45) is 0 Å². The van der Waals surface area contributed by atoms with Crippen molar-refractivity contribution >= 4 is 28.9 Å². The van der Waals surface area contributed by atoms with E-state index in [0.29, 0.717) is 40.4 Å². The van der Waals surface area contributed by atoms with Gasteiger partial charge in [0.05, 0.1) is 24.9 Å².